The first-order valence-corrected chi connectivity index (χ1v) is 12.7. The Morgan fingerprint density at radius 2 is 0.340 bits per heavy atom. The molecule has 0 saturated carbocycles. The Balaban J connectivity index is -0.000000127. The molecule has 0 aromatic rings. The van der Waals surface area contributed by atoms with Gasteiger partial charge in [-0.05, 0) is 35.1 Å². The number of allylic oxidation sites excluding steroid dienone is 8. The maximum Gasteiger partial charge on any atom is 3.00 e. The summed E-state index contributed by atoms with van der Waals surface area (Å²) < 4.78 is 277. The second-order valence-corrected chi connectivity index (χ2v) is 10.2. The molecule has 0 amide bonds. The van der Waals surface area contributed by atoms with Crippen molar-refractivity contribution in [3.63, 3.8) is 0 Å². The van der Waals surface area contributed by atoms with E-state index in [9.17, 15) is 105 Å². The largest absolute Gasteiger partial charge is 3.00 e. The molecular formula is C16H4F24Fe2S8+2. The molecule has 0 aliphatic carbocycles. The number of rotatable bonds is 0. The minimum Gasteiger partial charge on any atom is -0.777 e. The smallest absolute Gasteiger partial charge is 0.777 e. The second kappa shape index (κ2) is 22.0. The summed E-state index contributed by atoms with van der Waals surface area (Å²) in [5.74, 6) is 0. The van der Waals surface area contributed by atoms with Crippen LogP contribution in [0.25, 0.3) is 0 Å². The van der Waals surface area contributed by atoms with Gasteiger partial charge in [0.1, 0.15) is 0 Å². The van der Waals surface area contributed by atoms with Crippen LogP contribution in [0.15, 0.2) is 39.2 Å². The Bertz CT molecular complexity index is 902. The molecule has 0 spiro atoms. The summed E-state index contributed by atoms with van der Waals surface area (Å²) in [5, 5.41) is 0. The molecular weight excluding hydrogens is 1020 g/mol. The molecule has 0 fully saturated rings. The van der Waals surface area contributed by atoms with Crippen molar-refractivity contribution in [3.05, 3.63) is 39.2 Å². The minimum atomic E-state index is -5.19. The van der Waals surface area contributed by atoms with Crippen LogP contribution in [0.4, 0.5) is 105 Å². The van der Waals surface area contributed by atoms with E-state index < -0.39 is 88.7 Å². The van der Waals surface area contributed by atoms with Crippen molar-refractivity contribution in [2.45, 2.75) is 49.4 Å². The van der Waals surface area contributed by atoms with Crippen LogP contribution >= 0.6 is 0 Å². The first-order valence-electron chi connectivity index (χ1n) is 9.26. The summed E-state index contributed by atoms with van der Waals surface area (Å²) in [6.45, 7) is 0. The van der Waals surface area contributed by atoms with E-state index in [2.05, 4.69) is 75.8 Å². The van der Waals surface area contributed by atoms with E-state index >= 15 is 0 Å². The summed E-state index contributed by atoms with van der Waals surface area (Å²) >= 11 is 24.5. The molecule has 34 heteroatoms. The third-order valence-corrected chi connectivity index (χ3v) is 7.28. The maximum absolute atomic E-state index is 11.6. The topological polar surface area (TPSA) is 0 Å². The average molecular weight is 1020 g/mol. The quantitative estimate of drug-likeness (QED) is 0.103. The summed E-state index contributed by atoms with van der Waals surface area (Å²) in [6.07, 6.45) is -41.2. The standard InChI is InChI=1S/4C4H2F6S2.2Fe/c4*5-3(6,7)1(11)2(12)4(8,9)10;;/h4*11-12H;;/q;;;;2*+3/p-4. The van der Waals surface area contributed by atoms with Crippen LogP contribution in [0.2, 0.25) is 0 Å². The molecule has 2 radical (unpaired) electrons. The second-order valence-electron chi connectivity index (χ2n) is 6.71. The summed E-state index contributed by atoms with van der Waals surface area (Å²) in [6, 6.07) is 0. The molecule has 0 saturated heterocycles. The summed E-state index contributed by atoms with van der Waals surface area (Å²) in [4.78, 5) is -17.0. The van der Waals surface area contributed by atoms with Crippen LogP contribution in [-0.4, -0.2) is 49.4 Å². The Morgan fingerprint density at radius 3 is 0.380 bits per heavy atom. The third kappa shape index (κ3) is 26.2. The van der Waals surface area contributed by atoms with E-state index in [1.54, 1.807) is 25.3 Å². The van der Waals surface area contributed by atoms with Crippen molar-refractivity contribution in [2.75, 3.05) is 0 Å². The van der Waals surface area contributed by atoms with Crippen molar-refractivity contribution in [3.8, 4) is 0 Å². The van der Waals surface area contributed by atoms with E-state index in [-0.39, 0.29) is 34.1 Å². The van der Waals surface area contributed by atoms with Crippen LogP contribution in [0.5, 0.6) is 0 Å². The van der Waals surface area contributed by atoms with Gasteiger partial charge in [-0.25, -0.2) is 0 Å². The van der Waals surface area contributed by atoms with Gasteiger partial charge < -0.3 is 75.8 Å². The first kappa shape index (κ1) is 62.3. The van der Waals surface area contributed by atoms with E-state index in [4.69, 9.17) is 0 Å². The fourth-order valence-electron chi connectivity index (χ4n) is 1.06. The first-order chi connectivity index (χ1) is 20.3. The SMILES string of the molecule is FC(F)(F)C([S-])=C([S-])C(F)(F)F.FC(F)(F)C([S-])=C([S-])C(F)(F)F.FC(F)(F)C([S-])=C([SH2+])C(F)(F)F.FC(F)(F)C([S-])=C([SH2+])C(F)(F)F.[Fe+3].[Fe+3]. The van der Waals surface area contributed by atoms with Gasteiger partial charge in [-0.15, -0.1) is 19.6 Å². The Kier molecular flexibility index (Phi) is 27.5. The molecule has 0 bridgehead atoms. The van der Waals surface area contributed by atoms with Gasteiger partial charge in [0.15, 0.2) is 0 Å². The van der Waals surface area contributed by atoms with E-state index in [0.29, 0.717) is 0 Å². The molecule has 298 valence electrons. The van der Waals surface area contributed by atoms with Gasteiger partial charge in [0.25, 0.3) is 0 Å². The van der Waals surface area contributed by atoms with Gasteiger partial charge in [-0.3, -0.25) is 0 Å². The Hall–Kier alpha value is 0.339. The summed E-state index contributed by atoms with van der Waals surface area (Å²) in [5.41, 5.74) is 0. The number of halogens is 24. The van der Waals surface area contributed by atoms with Gasteiger partial charge in [0.2, 0.25) is 9.81 Å². The fourth-order valence-corrected chi connectivity index (χ4v) is 2.03. The molecule has 0 heterocycles. The van der Waals surface area contributed by atoms with Crippen molar-refractivity contribution in [1.82, 2.24) is 0 Å². The fraction of sp³-hybridized carbons (Fsp3) is 0.500. The van der Waals surface area contributed by atoms with E-state index in [0.717, 1.165) is 0 Å². The van der Waals surface area contributed by atoms with E-state index in [1.165, 1.54) is 0 Å². The zero-order chi connectivity index (χ0) is 40.6. The van der Waals surface area contributed by atoms with Crippen LogP contribution < -0.4 is 0 Å². The average Bonchev–Trinajstić information content (AvgIpc) is 2.81. The van der Waals surface area contributed by atoms with Gasteiger partial charge in [-0.2, -0.15) is 105 Å². The van der Waals surface area contributed by atoms with Crippen LogP contribution in [-0.2, 0) is 135 Å². The van der Waals surface area contributed by atoms with Crippen molar-refractivity contribution >= 4 is 101 Å². The maximum atomic E-state index is 11.6. The molecule has 0 unspecified atom stereocenters. The van der Waals surface area contributed by atoms with Crippen LogP contribution in [0.1, 0.15) is 0 Å². The van der Waals surface area contributed by atoms with Crippen molar-refractivity contribution < 1.29 is 140 Å². The molecule has 0 atom stereocenters. The van der Waals surface area contributed by atoms with Gasteiger partial charge in [0, 0.05) is 0 Å². The Labute approximate surface area is 327 Å². The Morgan fingerprint density at radius 1 is 0.240 bits per heavy atom. The zero-order valence-corrected chi connectivity index (χ0v) is 30.3. The monoisotopic (exact) mass is 1020 g/mol. The van der Waals surface area contributed by atoms with Crippen LogP contribution in [0, 0.1) is 0 Å². The van der Waals surface area contributed by atoms with Crippen LogP contribution in [0.3, 0.4) is 0 Å². The minimum absolute atomic E-state index is 0. The van der Waals surface area contributed by atoms with Crippen molar-refractivity contribution in [2.24, 2.45) is 0 Å². The molecule has 0 aromatic heterocycles. The molecule has 0 aromatic carbocycles. The third-order valence-electron chi connectivity index (χ3n) is 2.98. The molecule has 0 aliphatic heterocycles. The molecule has 50 heavy (non-hydrogen) atoms. The molecule has 0 rings (SSSR count). The van der Waals surface area contributed by atoms with Gasteiger partial charge in [-0.1, -0.05) is 0 Å². The van der Waals surface area contributed by atoms with Crippen molar-refractivity contribution in [1.29, 1.82) is 0 Å². The zero-order valence-electron chi connectivity index (χ0n) is 21.2. The number of hydrogen-bond donors (Lipinski definition) is 0. The van der Waals surface area contributed by atoms with Gasteiger partial charge in [0.05, 0.1) is 0 Å². The van der Waals surface area contributed by atoms with Gasteiger partial charge >= 0.3 is 83.5 Å². The number of alkyl halides is 24. The summed E-state index contributed by atoms with van der Waals surface area (Å²) in [7, 11) is 0. The number of hydrogen-bond acceptors (Lipinski definition) is 6. The predicted octanol–water partition coefficient (Wildman–Crippen LogP) is 8.59. The molecule has 0 N–H and O–H groups in total. The predicted molar refractivity (Wildman–Crippen MR) is 141 cm³/mol. The molecule has 0 aliphatic rings. The van der Waals surface area contributed by atoms with E-state index in [1.807, 2.05) is 0 Å². The normalized spacial score (nSPS) is 15.2. The molecule has 0 nitrogen and oxygen atoms in total.